The van der Waals surface area contributed by atoms with E-state index >= 15 is 0 Å². The lowest BCUT2D eigenvalue weighted by molar-refractivity contribution is -0.138. The van der Waals surface area contributed by atoms with E-state index in [-0.39, 0.29) is 23.3 Å². The molecule has 41 heavy (non-hydrogen) atoms. The number of ether oxygens (including phenoxy) is 2. The zero-order chi connectivity index (χ0) is 29.8. The first kappa shape index (κ1) is 31.0. The molecule has 2 atom stereocenters. The summed E-state index contributed by atoms with van der Waals surface area (Å²) in [7, 11) is -3.68. The topological polar surface area (TPSA) is 134 Å². The number of sulfonamides is 1. The minimum Gasteiger partial charge on any atom is -0.444 e. The van der Waals surface area contributed by atoms with Crippen LogP contribution in [0.3, 0.4) is 0 Å². The maximum Gasteiger partial charge on any atom is 0.408 e. The lowest BCUT2D eigenvalue weighted by Gasteiger charge is -2.27. The van der Waals surface area contributed by atoms with Gasteiger partial charge in [0.1, 0.15) is 18.2 Å². The molecule has 2 saturated heterocycles. The van der Waals surface area contributed by atoms with Gasteiger partial charge in [-0.25, -0.2) is 13.2 Å². The average Bonchev–Trinajstić information content (AvgIpc) is 3.62. The maximum absolute atomic E-state index is 13.3. The summed E-state index contributed by atoms with van der Waals surface area (Å²) in [5.74, 6) is -0.158. The molecule has 1 saturated carbocycles. The average molecular weight is 591 g/mol. The molecule has 2 aliphatic heterocycles. The predicted molar refractivity (Wildman–Crippen MR) is 153 cm³/mol. The van der Waals surface area contributed by atoms with Crippen LogP contribution < -0.4 is 10.6 Å². The largest absolute Gasteiger partial charge is 0.444 e. The third-order valence-electron chi connectivity index (χ3n) is 7.32. The van der Waals surface area contributed by atoms with Crippen molar-refractivity contribution in [1.82, 2.24) is 19.8 Å². The fraction of sp³-hybridized carbons (Fsp3) is 0.621. The van der Waals surface area contributed by atoms with Crippen molar-refractivity contribution in [2.75, 3.05) is 39.4 Å². The van der Waals surface area contributed by atoms with E-state index in [9.17, 15) is 22.8 Å². The molecular weight excluding hydrogens is 548 g/mol. The number of allylic oxidation sites excluding steroid dienone is 1. The summed E-state index contributed by atoms with van der Waals surface area (Å²) >= 11 is 0. The van der Waals surface area contributed by atoms with E-state index in [2.05, 4.69) is 16.7 Å². The minimum absolute atomic E-state index is 0.210. The van der Waals surface area contributed by atoms with Crippen molar-refractivity contribution in [2.45, 2.75) is 76.0 Å². The number of likely N-dealkylation sites (tertiary alicyclic amines) is 1. The van der Waals surface area contributed by atoms with Gasteiger partial charge in [0.15, 0.2) is 0 Å². The Morgan fingerprint density at radius 2 is 1.83 bits per heavy atom. The second kappa shape index (κ2) is 12.9. The summed E-state index contributed by atoms with van der Waals surface area (Å²) < 4.78 is 38.5. The predicted octanol–water partition coefficient (Wildman–Crippen LogP) is 2.82. The molecule has 1 aromatic rings. The van der Waals surface area contributed by atoms with E-state index in [0.29, 0.717) is 51.6 Å². The summed E-state index contributed by atoms with van der Waals surface area (Å²) in [4.78, 5) is 39.9. The Bertz CT molecular complexity index is 1260. The molecule has 2 N–H and O–H groups in total. The molecule has 12 heteroatoms. The molecule has 2 heterocycles. The Balaban J connectivity index is 1.45. The number of hydrogen-bond donors (Lipinski definition) is 2. The Morgan fingerprint density at radius 1 is 1.12 bits per heavy atom. The number of hydrogen-bond acceptors (Lipinski definition) is 7. The van der Waals surface area contributed by atoms with Crippen LogP contribution in [0.2, 0.25) is 0 Å². The second-order valence-corrected chi connectivity index (χ2v) is 13.8. The molecule has 226 valence electrons. The summed E-state index contributed by atoms with van der Waals surface area (Å²) in [5.41, 5.74) is 0.843. The van der Waals surface area contributed by atoms with Crippen molar-refractivity contribution in [1.29, 1.82) is 0 Å². The van der Waals surface area contributed by atoms with Crippen molar-refractivity contribution in [3.8, 4) is 0 Å². The van der Waals surface area contributed by atoms with Crippen LogP contribution in [0, 0.1) is 5.92 Å². The summed E-state index contributed by atoms with van der Waals surface area (Å²) in [6.07, 6.45) is 6.76. The highest BCUT2D eigenvalue weighted by Gasteiger charge is 2.35. The number of rotatable bonds is 9. The fourth-order valence-corrected chi connectivity index (χ4v) is 6.45. The standard InChI is InChI=1S/C29H42N4O7S/c1-20(31-27(35)25-6-5-13-33(25)26(34)19-30-28(36)40-29(2,3)4)24-12-11-23(18-22(24)10-9-21-7-8-21)41(37,38)32-14-16-39-17-15-32/h9-12,18,20-21,25H,5-8,13-17,19H2,1-4H3,(H,30,36)(H,31,35)/b10-9+/t20-,25-/m0/s1. The Morgan fingerprint density at radius 3 is 2.49 bits per heavy atom. The van der Waals surface area contributed by atoms with Gasteiger partial charge < -0.3 is 25.0 Å². The van der Waals surface area contributed by atoms with Crippen LogP contribution >= 0.6 is 0 Å². The first-order valence-corrected chi connectivity index (χ1v) is 15.8. The zero-order valence-electron chi connectivity index (χ0n) is 24.4. The van der Waals surface area contributed by atoms with Gasteiger partial charge in [-0.1, -0.05) is 18.2 Å². The summed E-state index contributed by atoms with van der Waals surface area (Å²) in [5, 5.41) is 5.50. The molecule has 3 amide bonds. The van der Waals surface area contributed by atoms with E-state index < -0.39 is 33.8 Å². The number of carbonyl (C=O) groups is 3. The molecule has 0 bridgehead atoms. The summed E-state index contributed by atoms with van der Waals surface area (Å²) in [6.45, 7) is 8.58. The fourth-order valence-electron chi connectivity index (χ4n) is 5.01. The first-order valence-electron chi connectivity index (χ1n) is 14.3. The molecule has 3 fully saturated rings. The maximum atomic E-state index is 13.3. The molecule has 3 aliphatic rings. The third-order valence-corrected chi connectivity index (χ3v) is 9.21. The Hall–Kier alpha value is -2.96. The summed E-state index contributed by atoms with van der Waals surface area (Å²) in [6, 6.07) is 3.93. The number of benzene rings is 1. The van der Waals surface area contributed by atoms with Crippen LogP contribution in [-0.4, -0.2) is 86.6 Å². The van der Waals surface area contributed by atoms with Crippen LogP contribution in [0.4, 0.5) is 4.79 Å². The van der Waals surface area contributed by atoms with Gasteiger partial charge in [0.25, 0.3) is 0 Å². The monoisotopic (exact) mass is 590 g/mol. The van der Waals surface area contributed by atoms with Gasteiger partial charge in [-0.05, 0) is 82.6 Å². The van der Waals surface area contributed by atoms with Gasteiger partial charge in [0, 0.05) is 19.6 Å². The number of nitrogens with one attached hydrogen (secondary N) is 2. The molecule has 0 spiro atoms. The number of alkyl carbamates (subject to hydrolysis) is 1. The van der Waals surface area contributed by atoms with E-state index in [1.165, 1.54) is 9.21 Å². The Kier molecular flexibility index (Phi) is 9.76. The van der Waals surface area contributed by atoms with Crippen LogP contribution in [0.25, 0.3) is 6.08 Å². The smallest absolute Gasteiger partial charge is 0.408 e. The zero-order valence-corrected chi connectivity index (χ0v) is 25.2. The molecule has 1 aliphatic carbocycles. The van der Waals surface area contributed by atoms with Gasteiger partial charge in [-0.15, -0.1) is 0 Å². The lowest BCUT2D eigenvalue weighted by Crippen LogP contribution is -2.49. The van der Waals surface area contributed by atoms with Crippen molar-refractivity contribution >= 4 is 34.0 Å². The minimum atomic E-state index is -3.68. The van der Waals surface area contributed by atoms with Crippen molar-refractivity contribution in [2.24, 2.45) is 5.92 Å². The second-order valence-electron chi connectivity index (χ2n) is 11.8. The molecular formula is C29H42N4O7S. The van der Waals surface area contributed by atoms with Gasteiger partial charge >= 0.3 is 6.09 Å². The highest BCUT2D eigenvalue weighted by atomic mass is 32.2. The highest BCUT2D eigenvalue weighted by molar-refractivity contribution is 7.89. The molecule has 0 unspecified atom stereocenters. The van der Waals surface area contributed by atoms with Crippen molar-refractivity contribution in [3.05, 3.63) is 35.4 Å². The van der Waals surface area contributed by atoms with Crippen molar-refractivity contribution < 1.29 is 32.3 Å². The first-order chi connectivity index (χ1) is 19.3. The number of amides is 3. The molecule has 1 aromatic carbocycles. The molecule has 0 radical (unpaired) electrons. The lowest BCUT2D eigenvalue weighted by atomic mass is 10.00. The van der Waals surface area contributed by atoms with Crippen LogP contribution in [0.15, 0.2) is 29.2 Å². The number of carbonyl (C=O) groups excluding carboxylic acids is 3. The third kappa shape index (κ3) is 8.30. The van der Waals surface area contributed by atoms with Gasteiger partial charge in [0.2, 0.25) is 21.8 Å². The van der Waals surface area contributed by atoms with E-state index in [0.717, 1.165) is 24.0 Å². The molecule has 0 aromatic heterocycles. The number of nitrogens with zero attached hydrogens (tertiary/aromatic N) is 2. The normalized spacial score (nSPS) is 21.1. The van der Waals surface area contributed by atoms with E-state index in [1.807, 2.05) is 13.0 Å². The van der Waals surface area contributed by atoms with E-state index in [4.69, 9.17) is 9.47 Å². The van der Waals surface area contributed by atoms with Crippen LogP contribution in [0.1, 0.15) is 70.5 Å². The Labute approximate surface area is 242 Å². The van der Waals surface area contributed by atoms with E-state index in [1.54, 1.807) is 39.0 Å². The van der Waals surface area contributed by atoms with Gasteiger partial charge in [-0.3, -0.25) is 9.59 Å². The molecule has 11 nitrogen and oxygen atoms in total. The van der Waals surface area contributed by atoms with Gasteiger partial charge in [0.05, 0.1) is 24.2 Å². The van der Waals surface area contributed by atoms with Gasteiger partial charge in [-0.2, -0.15) is 4.31 Å². The number of morpholine rings is 1. The quantitative estimate of drug-likeness (QED) is 0.452. The van der Waals surface area contributed by atoms with Crippen LogP contribution in [-0.2, 0) is 29.1 Å². The van der Waals surface area contributed by atoms with Crippen LogP contribution in [0.5, 0.6) is 0 Å². The van der Waals surface area contributed by atoms with Crippen molar-refractivity contribution in [3.63, 3.8) is 0 Å². The highest BCUT2D eigenvalue weighted by Crippen LogP contribution is 2.32. The SMILES string of the molecule is C[C@H](NC(=O)[C@@H]1CCCN1C(=O)CNC(=O)OC(C)(C)C)c1ccc(S(=O)(=O)N2CCOCC2)cc1/C=C/C1CC1. The molecule has 4 rings (SSSR count).